The highest BCUT2D eigenvalue weighted by atomic mass is 16.5. The number of hydrogen-bond donors (Lipinski definition) is 2. The van der Waals surface area contributed by atoms with Crippen molar-refractivity contribution in [2.75, 3.05) is 26.3 Å². The third-order valence-electron chi connectivity index (χ3n) is 5.16. The van der Waals surface area contributed by atoms with Gasteiger partial charge in [0.15, 0.2) is 0 Å². The molecule has 3 rings (SSSR count). The predicted octanol–water partition coefficient (Wildman–Crippen LogP) is 0.440. The fourth-order valence-electron chi connectivity index (χ4n) is 4.10. The molecule has 2 heterocycles. The van der Waals surface area contributed by atoms with Gasteiger partial charge in [-0.05, 0) is 24.8 Å². The van der Waals surface area contributed by atoms with Crippen molar-refractivity contribution >= 4 is 0 Å². The molecule has 1 aliphatic carbocycles. The van der Waals surface area contributed by atoms with Crippen molar-refractivity contribution in [2.45, 2.75) is 43.7 Å². The summed E-state index contributed by atoms with van der Waals surface area (Å²) < 4.78 is 7.39. The van der Waals surface area contributed by atoms with Crippen molar-refractivity contribution < 1.29 is 4.74 Å². The molecule has 1 saturated heterocycles. The van der Waals surface area contributed by atoms with Crippen molar-refractivity contribution in [3.63, 3.8) is 0 Å². The maximum atomic E-state index is 5.96. The summed E-state index contributed by atoms with van der Waals surface area (Å²) in [5.74, 6) is 5.96. The molecule has 1 atom stereocenters. The average Bonchev–Trinajstić information content (AvgIpc) is 3.15. The quantitative estimate of drug-likeness (QED) is 0.609. The Hall–Kier alpha value is -0.950. The van der Waals surface area contributed by atoms with Gasteiger partial charge in [0.05, 0.1) is 19.4 Å². The number of hydrazine groups is 1. The van der Waals surface area contributed by atoms with E-state index in [0.717, 1.165) is 32.7 Å². The van der Waals surface area contributed by atoms with Crippen LogP contribution in [-0.2, 0) is 18.2 Å². The second-order valence-electron chi connectivity index (χ2n) is 6.36. The van der Waals surface area contributed by atoms with Gasteiger partial charge in [-0.1, -0.05) is 12.8 Å². The van der Waals surface area contributed by atoms with Crippen LogP contribution in [0.15, 0.2) is 12.4 Å². The molecule has 6 heteroatoms. The number of morpholine rings is 1. The molecule has 2 aliphatic rings. The maximum Gasteiger partial charge on any atom is 0.0594 e. The van der Waals surface area contributed by atoms with Gasteiger partial charge in [-0.25, -0.2) is 0 Å². The zero-order valence-electron chi connectivity index (χ0n) is 12.9. The second-order valence-corrected chi connectivity index (χ2v) is 6.36. The Kier molecular flexibility index (Phi) is 4.59. The van der Waals surface area contributed by atoms with E-state index in [1.54, 1.807) is 0 Å². The highest BCUT2D eigenvalue weighted by Gasteiger charge is 2.45. The first kappa shape index (κ1) is 15.0. The molecule has 3 N–H and O–H groups in total. The van der Waals surface area contributed by atoms with Gasteiger partial charge in [-0.15, -0.1) is 0 Å². The third-order valence-corrected chi connectivity index (χ3v) is 5.16. The first-order chi connectivity index (χ1) is 10.2. The van der Waals surface area contributed by atoms with Crippen LogP contribution in [0.5, 0.6) is 0 Å². The zero-order valence-corrected chi connectivity index (χ0v) is 12.9. The Bertz CT molecular complexity index is 449. The van der Waals surface area contributed by atoms with E-state index in [9.17, 15) is 0 Å². The molecule has 0 radical (unpaired) electrons. The first-order valence-electron chi connectivity index (χ1n) is 8.01. The van der Waals surface area contributed by atoms with Crippen LogP contribution in [0.1, 0.15) is 31.2 Å². The highest BCUT2D eigenvalue weighted by Crippen LogP contribution is 2.39. The number of nitrogens with zero attached hydrogens (tertiary/aromatic N) is 3. The molecule has 21 heavy (non-hydrogen) atoms. The fraction of sp³-hybridized carbons (Fsp3) is 0.800. The minimum absolute atomic E-state index is 0.175. The Labute approximate surface area is 126 Å². The van der Waals surface area contributed by atoms with Gasteiger partial charge in [0.1, 0.15) is 0 Å². The van der Waals surface area contributed by atoms with E-state index in [1.165, 1.54) is 31.2 Å². The molecule has 1 aromatic rings. The molecule has 1 aliphatic heterocycles. The van der Waals surface area contributed by atoms with Crippen molar-refractivity contribution in [2.24, 2.45) is 12.9 Å². The van der Waals surface area contributed by atoms with Gasteiger partial charge in [-0.3, -0.25) is 20.9 Å². The lowest BCUT2D eigenvalue weighted by Crippen LogP contribution is -2.64. The average molecular weight is 293 g/mol. The smallest absolute Gasteiger partial charge is 0.0594 e. The van der Waals surface area contributed by atoms with E-state index in [0.29, 0.717) is 0 Å². The number of aryl methyl sites for hydroxylation is 1. The van der Waals surface area contributed by atoms with E-state index < -0.39 is 0 Å². The van der Waals surface area contributed by atoms with Gasteiger partial charge in [0.25, 0.3) is 0 Å². The topological polar surface area (TPSA) is 68.3 Å². The number of nitrogens with two attached hydrogens (primary N) is 1. The first-order valence-corrected chi connectivity index (χ1v) is 8.01. The van der Waals surface area contributed by atoms with Gasteiger partial charge < -0.3 is 4.74 Å². The van der Waals surface area contributed by atoms with Crippen molar-refractivity contribution in [1.82, 2.24) is 20.1 Å². The van der Waals surface area contributed by atoms with E-state index in [1.807, 2.05) is 17.9 Å². The summed E-state index contributed by atoms with van der Waals surface area (Å²) in [4.78, 5) is 2.62. The van der Waals surface area contributed by atoms with Crippen molar-refractivity contribution in [3.8, 4) is 0 Å². The molecule has 1 unspecified atom stereocenters. The van der Waals surface area contributed by atoms with Gasteiger partial charge >= 0.3 is 0 Å². The Morgan fingerprint density at radius 3 is 2.67 bits per heavy atom. The molecule has 2 fully saturated rings. The van der Waals surface area contributed by atoms with Crippen molar-refractivity contribution in [1.29, 1.82) is 0 Å². The van der Waals surface area contributed by atoms with Crippen LogP contribution < -0.4 is 11.3 Å². The molecule has 0 amide bonds. The normalized spacial score (nSPS) is 24.3. The van der Waals surface area contributed by atoms with Crippen LogP contribution in [0.4, 0.5) is 0 Å². The summed E-state index contributed by atoms with van der Waals surface area (Å²) in [7, 11) is 1.96. The number of nitrogens with one attached hydrogen (secondary N) is 1. The molecule has 0 bridgehead atoms. The van der Waals surface area contributed by atoms with E-state index in [4.69, 9.17) is 10.6 Å². The van der Waals surface area contributed by atoms with Crippen LogP contribution >= 0.6 is 0 Å². The van der Waals surface area contributed by atoms with Gasteiger partial charge in [0, 0.05) is 37.9 Å². The molecule has 6 nitrogen and oxygen atoms in total. The number of hydrogen-bond acceptors (Lipinski definition) is 5. The summed E-state index contributed by atoms with van der Waals surface area (Å²) in [6, 6.07) is 0.266. The molecule has 1 aromatic heterocycles. The molecular formula is C15H27N5O. The number of rotatable bonds is 5. The van der Waals surface area contributed by atoms with E-state index in [2.05, 4.69) is 21.6 Å². The largest absolute Gasteiger partial charge is 0.379 e. The lowest BCUT2D eigenvalue weighted by atomic mass is 9.83. The van der Waals surface area contributed by atoms with Crippen LogP contribution in [0.2, 0.25) is 0 Å². The van der Waals surface area contributed by atoms with Crippen LogP contribution in [-0.4, -0.2) is 52.6 Å². The Morgan fingerprint density at radius 2 is 2.10 bits per heavy atom. The summed E-state index contributed by atoms with van der Waals surface area (Å²) in [5, 5.41) is 4.28. The molecule has 118 valence electrons. The van der Waals surface area contributed by atoms with Crippen LogP contribution in [0.25, 0.3) is 0 Å². The lowest BCUT2D eigenvalue weighted by molar-refractivity contribution is -0.0357. The predicted molar refractivity (Wildman–Crippen MR) is 81.6 cm³/mol. The second kappa shape index (κ2) is 6.44. The van der Waals surface area contributed by atoms with E-state index >= 15 is 0 Å². The lowest BCUT2D eigenvalue weighted by Gasteiger charge is -2.48. The standard InChI is InChI=1S/C15H27N5O/c1-19-12-13(11-17-19)10-14(18-16)15(4-2-3-5-15)20-6-8-21-9-7-20/h11-12,14,18H,2-10,16H2,1H3. The third kappa shape index (κ3) is 2.99. The number of ether oxygens (including phenoxy) is 1. The zero-order chi connectivity index (χ0) is 14.7. The minimum atomic E-state index is 0.175. The highest BCUT2D eigenvalue weighted by molar-refractivity contribution is 5.12. The minimum Gasteiger partial charge on any atom is -0.379 e. The SMILES string of the molecule is Cn1cc(CC(NN)C2(N3CCOCC3)CCCC2)cn1. The van der Waals surface area contributed by atoms with Crippen LogP contribution in [0, 0.1) is 0 Å². The molecule has 1 saturated carbocycles. The van der Waals surface area contributed by atoms with Gasteiger partial charge in [-0.2, -0.15) is 5.10 Å². The van der Waals surface area contributed by atoms with E-state index in [-0.39, 0.29) is 11.6 Å². The van der Waals surface area contributed by atoms with Gasteiger partial charge in [0.2, 0.25) is 0 Å². The van der Waals surface area contributed by atoms with Crippen molar-refractivity contribution in [3.05, 3.63) is 18.0 Å². The molecule has 0 spiro atoms. The Balaban J connectivity index is 1.79. The maximum absolute atomic E-state index is 5.96. The summed E-state index contributed by atoms with van der Waals surface area (Å²) in [6.45, 7) is 3.72. The number of aromatic nitrogens is 2. The Morgan fingerprint density at radius 1 is 1.38 bits per heavy atom. The summed E-state index contributed by atoms with van der Waals surface area (Å²) >= 11 is 0. The van der Waals surface area contributed by atoms with Crippen LogP contribution in [0.3, 0.4) is 0 Å². The molecular weight excluding hydrogens is 266 g/mol. The summed E-state index contributed by atoms with van der Waals surface area (Å²) in [6.07, 6.45) is 10.0. The fourth-order valence-corrected chi connectivity index (χ4v) is 4.10. The molecule has 0 aromatic carbocycles. The summed E-state index contributed by atoms with van der Waals surface area (Å²) in [5.41, 5.74) is 4.55. The monoisotopic (exact) mass is 293 g/mol.